The van der Waals surface area contributed by atoms with Crippen LogP contribution in [0, 0.1) is 0 Å². The zero-order valence-electron chi connectivity index (χ0n) is 9.95. The highest BCUT2D eigenvalue weighted by Gasteiger charge is 2.16. The molecule has 0 atom stereocenters. The Morgan fingerprint density at radius 2 is 1.58 bits per heavy atom. The zero-order chi connectivity index (χ0) is 13.4. The summed E-state index contributed by atoms with van der Waals surface area (Å²) in [6.45, 7) is 1.19. The first-order chi connectivity index (χ1) is 9.15. The number of rotatable bonds is 2. The number of ketones is 1. The van der Waals surface area contributed by atoms with Gasteiger partial charge in [0.25, 0.3) is 0 Å². The minimum Gasteiger partial charge on any atom is -0.372 e. The molecule has 0 aromatic heterocycles. The van der Waals surface area contributed by atoms with Crippen LogP contribution in [0.1, 0.15) is 27.0 Å². The molecule has 0 saturated carbocycles. The smallest absolute Gasteiger partial charge is 0.193 e. The summed E-state index contributed by atoms with van der Waals surface area (Å²) < 4.78 is 5.34. The number of ether oxygens (including phenoxy) is 1. The predicted molar refractivity (Wildman–Crippen MR) is 74.8 cm³/mol. The van der Waals surface area contributed by atoms with E-state index in [1.54, 1.807) is 18.2 Å². The van der Waals surface area contributed by atoms with Crippen LogP contribution >= 0.6 is 23.2 Å². The topological polar surface area (TPSA) is 26.3 Å². The van der Waals surface area contributed by atoms with Crippen molar-refractivity contribution >= 4 is 29.0 Å². The number of hydrogen-bond donors (Lipinski definition) is 0. The number of benzene rings is 2. The third-order valence-corrected chi connectivity index (χ3v) is 3.90. The van der Waals surface area contributed by atoms with Gasteiger partial charge in [0.1, 0.15) is 0 Å². The molecule has 0 radical (unpaired) electrons. The zero-order valence-corrected chi connectivity index (χ0v) is 11.5. The Morgan fingerprint density at radius 1 is 0.895 bits per heavy atom. The normalized spacial score (nSPS) is 13.4. The van der Waals surface area contributed by atoms with Gasteiger partial charge >= 0.3 is 0 Å². The summed E-state index contributed by atoms with van der Waals surface area (Å²) in [5.74, 6) is -0.0618. The van der Waals surface area contributed by atoms with Gasteiger partial charge in [-0.25, -0.2) is 0 Å². The van der Waals surface area contributed by atoms with Crippen LogP contribution in [-0.4, -0.2) is 5.78 Å². The molecule has 0 N–H and O–H groups in total. The van der Waals surface area contributed by atoms with Crippen LogP contribution in [-0.2, 0) is 18.0 Å². The summed E-state index contributed by atoms with van der Waals surface area (Å²) in [5.41, 5.74) is 3.40. The average molecular weight is 293 g/mol. The first-order valence-electron chi connectivity index (χ1n) is 5.84. The van der Waals surface area contributed by atoms with E-state index in [1.807, 2.05) is 18.2 Å². The summed E-state index contributed by atoms with van der Waals surface area (Å²) in [7, 11) is 0. The fraction of sp³-hybridized carbons (Fsp3) is 0.133. The molecule has 2 aromatic carbocycles. The Hall–Kier alpha value is -1.35. The van der Waals surface area contributed by atoms with Crippen molar-refractivity contribution in [3.63, 3.8) is 0 Å². The molecule has 0 amide bonds. The highest BCUT2D eigenvalue weighted by Crippen LogP contribution is 2.26. The van der Waals surface area contributed by atoms with E-state index in [-0.39, 0.29) is 5.78 Å². The molecule has 0 saturated heterocycles. The minimum atomic E-state index is -0.0618. The molecule has 0 spiro atoms. The van der Waals surface area contributed by atoms with Crippen LogP contribution in [0.4, 0.5) is 0 Å². The second-order valence-electron chi connectivity index (χ2n) is 4.43. The van der Waals surface area contributed by atoms with E-state index in [2.05, 4.69) is 0 Å². The van der Waals surface area contributed by atoms with Crippen LogP contribution in [0.5, 0.6) is 0 Å². The maximum atomic E-state index is 12.4. The molecule has 0 fully saturated rings. The molecule has 19 heavy (non-hydrogen) atoms. The molecule has 96 valence electrons. The van der Waals surface area contributed by atoms with Gasteiger partial charge < -0.3 is 4.74 Å². The van der Waals surface area contributed by atoms with Crippen molar-refractivity contribution in [3.8, 4) is 0 Å². The van der Waals surface area contributed by atoms with Crippen molar-refractivity contribution in [2.45, 2.75) is 13.2 Å². The summed E-state index contributed by atoms with van der Waals surface area (Å²) in [5, 5.41) is 0.831. The maximum Gasteiger partial charge on any atom is 0.193 e. The maximum absolute atomic E-state index is 12.4. The van der Waals surface area contributed by atoms with Gasteiger partial charge in [-0.1, -0.05) is 35.3 Å². The lowest BCUT2D eigenvalue weighted by molar-refractivity contribution is 0.103. The van der Waals surface area contributed by atoms with E-state index >= 15 is 0 Å². The average Bonchev–Trinajstić information content (AvgIpc) is 2.88. The van der Waals surface area contributed by atoms with Crippen molar-refractivity contribution in [3.05, 3.63) is 68.7 Å². The summed E-state index contributed by atoms with van der Waals surface area (Å²) in [4.78, 5) is 12.4. The molecule has 1 aliphatic rings. The summed E-state index contributed by atoms with van der Waals surface area (Å²) in [6.07, 6.45) is 0. The number of hydrogen-bond acceptors (Lipinski definition) is 2. The van der Waals surface area contributed by atoms with Gasteiger partial charge in [-0.2, -0.15) is 0 Å². The first-order valence-corrected chi connectivity index (χ1v) is 6.60. The molecule has 1 aliphatic heterocycles. The fourth-order valence-corrected chi connectivity index (χ4v) is 2.42. The van der Waals surface area contributed by atoms with Crippen LogP contribution in [0.25, 0.3) is 0 Å². The Balaban J connectivity index is 1.97. The number of carbonyl (C=O) groups is 1. The minimum absolute atomic E-state index is 0.0618. The van der Waals surface area contributed by atoms with E-state index in [0.717, 1.165) is 11.1 Å². The van der Waals surface area contributed by atoms with Gasteiger partial charge in [0.05, 0.1) is 23.3 Å². The van der Waals surface area contributed by atoms with Gasteiger partial charge in [0.15, 0.2) is 5.78 Å². The Bertz CT molecular complexity index is 665. The quantitative estimate of drug-likeness (QED) is 0.773. The van der Waals surface area contributed by atoms with E-state index in [9.17, 15) is 4.79 Å². The standard InChI is InChI=1S/C15H10Cl2O2/c16-13-4-3-10(6-14(13)17)15(18)9-1-2-11-7-19-8-12(11)5-9/h1-6H,7-8H2. The monoisotopic (exact) mass is 292 g/mol. The lowest BCUT2D eigenvalue weighted by atomic mass is 9.99. The molecule has 4 heteroatoms. The van der Waals surface area contributed by atoms with Crippen molar-refractivity contribution in [1.82, 2.24) is 0 Å². The predicted octanol–water partition coefficient (Wildman–Crippen LogP) is 4.25. The van der Waals surface area contributed by atoms with Crippen molar-refractivity contribution in [1.29, 1.82) is 0 Å². The van der Waals surface area contributed by atoms with Gasteiger partial charge in [0.2, 0.25) is 0 Å². The van der Waals surface area contributed by atoms with E-state index in [4.69, 9.17) is 27.9 Å². The lowest BCUT2D eigenvalue weighted by Crippen LogP contribution is -2.02. The number of halogens is 2. The lowest BCUT2D eigenvalue weighted by Gasteiger charge is -2.05. The molecule has 0 aliphatic carbocycles. The van der Waals surface area contributed by atoms with Crippen LogP contribution in [0.3, 0.4) is 0 Å². The SMILES string of the molecule is O=C(c1ccc(Cl)c(Cl)c1)c1ccc2c(c1)COC2. The third kappa shape index (κ3) is 2.39. The molecule has 0 unspecified atom stereocenters. The van der Waals surface area contributed by atoms with Crippen LogP contribution < -0.4 is 0 Å². The van der Waals surface area contributed by atoms with Crippen LogP contribution in [0.15, 0.2) is 36.4 Å². The van der Waals surface area contributed by atoms with Crippen molar-refractivity contribution < 1.29 is 9.53 Å². The molecule has 0 bridgehead atoms. The van der Waals surface area contributed by atoms with Crippen LogP contribution in [0.2, 0.25) is 10.0 Å². The molecule has 1 heterocycles. The Kier molecular flexibility index (Phi) is 3.31. The highest BCUT2D eigenvalue weighted by molar-refractivity contribution is 6.42. The molecule has 2 nitrogen and oxygen atoms in total. The molecule has 2 aromatic rings. The third-order valence-electron chi connectivity index (χ3n) is 3.17. The van der Waals surface area contributed by atoms with E-state index in [1.165, 1.54) is 0 Å². The van der Waals surface area contributed by atoms with Gasteiger partial charge in [0, 0.05) is 11.1 Å². The second kappa shape index (κ2) is 4.97. The fourth-order valence-electron chi connectivity index (χ4n) is 2.12. The number of carbonyl (C=O) groups excluding carboxylic acids is 1. The van der Waals surface area contributed by atoms with E-state index < -0.39 is 0 Å². The molecular formula is C15H10Cl2O2. The van der Waals surface area contributed by atoms with Crippen molar-refractivity contribution in [2.75, 3.05) is 0 Å². The summed E-state index contributed by atoms with van der Waals surface area (Å²) in [6, 6.07) is 10.5. The number of fused-ring (bicyclic) bond motifs is 1. The highest BCUT2D eigenvalue weighted by atomic mass is 35.5. The molecule has 3 rings (SSSR count). The van der Waals surface area contributed by atoms with Gasteiger partial charge in [-0.15, -0.1) is 0 Å². The summed E-state index contributed by atoms with van der Waals surface area (Å²) >= 11 is 11.8. The van der Waals surface area contributed by atoms with E-state index in [0.29, 0.717) is 34.4 Å². The Labute approximate surface area is 120 Å². The second-order valence-corrected chi connectivity index (χ2v) is 5.25. The largest absolute Gasteiger partial charge is 0.372 e. The first kappa shape index (κ1) is 12.7. The van der Waals surface area contributed by atoms with Gasteiger partial charge in [-0.3, -0.25) is 4.79 Å². The van der Waals surface area contributed by atoms with Gasteiger partial charge in [-0.05, 0) is 35.4 Å². The van der Waals surface area contributed by atoms with Crippen molar-refractivity contribution in [2.24, 2.45) is 0 Å². The Morgan fingerprint density at radius 3 is 2.37 bits per heavy atom. The molecular weight excluding hydrogens is 283 g/mol.